The Morgan fingerprint density at radius 2 is 1.86 bits per heavy atom. The van der Waals surface area contributed by atoms with Crippen LogP contribution in [-0.4, -0.2) is 25.7 Å². The molecule has 0 fully saturated rings. The lowest BCUT2D eigenvalue weighted by Gasteiger charge is -2.17. The number of fused-ring (bicyclic) bond motifs is 1. The van der Waals surface area contributed by atoms with Gasteiger partial charge in [0.1, 0.15) is 24.7 Å². The van der Waals surface area contributed by atoms with E-state index in [2.05, 4.69) is 5.32 Å². The van der Waals surface area contributed by atoms with E-state index in [-0.39, 0.29) is 5.91 Å². The maximum atomic E-state index is 12.1. The van der Waals surface area contributed by atoms with Crippen molar-refractivity contribution in [2.24, 2.45) is 0 Å². The van der Waals surface area contributed by atoms with E-state index in [0.29, 0.717) is 25.3 Å². The molecule has 0 spiro atoms. The molecule has 4 heteroatoms. The Hall–Kier alpha value is -2.75. The first-order chi connectivity index (χ1) is 10.8. The van der Waals surface area contributed by atoms with Gasteiger partial charge in [0, 0.05) is 5.56 Å². The Kier molecular flexibility index (Phi) is 4.39. The quantitative estimate of drug-likeness (QED) is 0.863. The van der Waals surface area contributed by atoms with Gasteiger partial charge in [-0.15, -0.1) is 0 Å². The second-order valence-corrected chi connectivity index (χ2v) is 4.91. The summed E-state index contributed by atoms with van der Waals surface area (Å²) in [5.74, 6) is 1.49. The van der Waals surface area contributed by atoms with Gasteiger partial charge in [-0.3, -0.25) is 4.79 Å². The molecule has 0 saturated carbocycles. The van der Waals surface area contributed by atoms with Gasteiger partial charge in [-0.25, -0.2) is 0 Å². The van der Waals surface area contributed by atoms with Crippen LogP contribution in [0.15, 0.2) is 60.2 Å². The third-order valence-corrected chi connectivity index (χ3v) is 3.32. The fraction of sp³-hybridized carbons (Fsp3) is 0.167. The molecular formula is C18H17NO3. The van der Waals surface area contributed by atoms with Crippen molar-refractivity contribution in [1.29, 1.82) is 0 Å². The number of carbonyl (C=O) groups is 1. The number of carbonyl (C=O) groups excluding carboxylic acids is 1. The molecule has 0 radical (unpaired) electrons. The SMILES string of the molecule is O=C(NCCOc1ccccc1)C1=Cc2ccccc2OC1. The predicted molar refractivity (Wildman–Crippen MR) is 84.9 cm³/mol. The zero-order chi connectivity index (χ0) is 15.2. The highest BCUT2D eigenvalue weighted by Crippen LogP contribution is 2.25. The van der Waals surface area contributed by atoms with E-state index >= 15 is 0 Å². The third-order valence-electron chi connectivity index (χ3n) is 3.32. The molecule has 1 aliphatic heterocycles. The molecule has 1 amide bonds. The van der Waals surface area contributed by atoms with Crippen LogP contribution in [0.4, 0.5) is 0 Å². The highest BCUT2D eigenvalue weighted by atomic mass is 16.5. The third kappa shape index (κ3) is 3.47. The van der Waals surface area contributed by atoms with Crippen LogP contribution in [0.3, 0.4) is 0 Å². The molecular weight excluding hydrogens is 278 g/mol. The summed E-state index contributed by atoms with van der Waals surface area (Å²) in [5.41, 5.74) is 1.55. The van der Waals surface area contributed by atoms with Crippen LogP contribution in [0, 0.1) is 0 Å². The van der Waals surface area contributed by atoms with Crippen LogP contribution in [0.1, 0.15) is 5.56 Å². The first kappa shape index (κ1) is 14.2. The summed E-state index contributed by atoms with van der Waals surface area (Å²) in [4.78, 5) is 12.1. The average molecular weight is 295 g/mol. The van der Waals surface area contributed by atoms with Crippen LogP contribution in [-0.2, 0) is 4.79 Å². The van der Waals surface area contributed by atoms with Gasteiger partial charge in [0.25, 0.3) is 5.91 Å². The van der Waals surface area contributed by atoms with Gasteiger partial charge in [-0.05, 0) is 24.3 Å². The Balaban J connectivity index is 1.50. The monoisotopic (exact) mass is 295 g/mol. The number of ether oxygens (including phenoxy) is 2. The highest BCUT2D eigenvalue weighted by Gasteiger charge is 2.16. The summed E-state index contributed by atoms with van der Waals surface area (Å²) < 4.78 is 11.1. The van der Waals surface area contributed by atoms with Gasteiger partial charge in [0.2, 0.25) is 0 Å². The Labute approximate surface area is 129 Å². The smallest absolute Gasteiger partial charge is 0.250 e. The summed E-state index contributed by atoms with van der Waals surface area (Å²) in [6.07, 6.45) is 1.87. The van der Waals surface area contributed by atoms with Crippen molar-refractivity contribution < 1.29 is 14.3 Å². The second kappa shape index (κ2) is 6.80. The van der Waals surface area contributed by atoms with E-state index in [1.54, 1.807) is 0 Å². The van der Waals surface area contributed by atoms with Crippen LogP contribution in [0.2, 0.25) is 0 Å². The Morgan fingerprint density at radius 1 is 1.09 bits per heavy atom. The lowest BCUT2D eigenvalue weighted by atomic mass is 10.1. The van der Waals surface area contributed by atoms with Crippen LogP contribution >= 0.6 is 0 Å². The molecule has 1 heterocycles. The van der Waals surface area contributed by atoms with E-state index in [1.165, 1.54) is 0 Å². The zero-order valence-electron chi connectivity index (χ0n) is 12.1. The van der Waals surface area contributed by atoms with Crippen molar-refractivity contribution in [3.8, 4) is 11.5 Å². The number of nitrogens with one attached hydrogen (secondary N) is 1. The van der Waals surface area contributed by atoms with Gasteiger partial charge in [0.15, 0.2) is 0 Å². The molecule has 0 unspecified atom stereocenters. The van der Waals surface area contributed by atoms with Crippen molar-refractivity contribution in [2.45, 2.75) is 0 Å². The molecule has 3 rings (SSSR count). The number of benzene rings is 2. The van der Waals surface area contributed by atoms with E-state index in [1.807, 2.05) is 60.7 Å². The first-order valence-corrected chi connectivity index (χ1v) is 7.21. The molecule has 0 saturated heterocycles. The molecule has 0 bridgehead atoms. The first-order valence-electron chi connectivity index (χ1n) is 7.21. The van der Waals surface area contributed by atoms with Crippen molar-refractivity contribution in [3.63, 3.8) is 0 Å². The van der Waals surface area contributed by atoms with Gasteiger partial charge in [-0.2, -0.15) is 0 Å². The lowest BCUT2D eigenvalue weighted by molar-refractivity contribution is -0.117. The topological polar surface area (TPSA) is 47.6 Å². The minimum Gasteiger partial charge on any atom is -0.492 e. The summed E-state index contributed by atoms with van der Waals surface area (Å²) >= 11 is 0. The van der Waals surface area contributed by atoms with Gasteiger partial charge < -0.3 is 14.8 Å². The fourth-order valence-electron chi connectivity index (χ4n) is 2.21. The van der Waals surface area contributed by atoms with Gasteiger partial charge in [-0.1, -0.05) is 36.4 Å². The van der Waals surface area contributed by atoms with E-state index < -0.39 is 0 Å². The minimum absolute atomic E-state index is 0.119. The minimum atomic E-state index is -0.119. The normalized spacial score (nSPS) is 12.6. The summed E-state index contributed by atoms with van der Waals surface area (Å²) in [7, 11) is 0. The summed E-state index contributed by atoms with van der Waals surface area (Å²) in [6, 6.07) is 17.2. The number of hydrogen-bond donors (Lipinski definition) is 1. The average Bonchev–Trinajstić information content (AvgIpc) is 2.59. The lowest BCUT2D eigenvalue weighted by Crippen LogP contribution is -2.31. The Bertz CT molecular complexity index is 680. The molecule has 112 valence electrons. The highest BCUT2D eigenvalue weighted by molar-refractivity contribution is 5.99. The molecule has 2 aromatic rings. The molecule has 0 aliphatic carbocycles. The maximum Gasteiger partial charge on any atom is 0.250 e. The van der Waals surface area contributed by atoms with Gasteiger partial charge >= 0.3 is 0 Å². The molecule has 0 atom stereocenters. The summed E-state index contributed by atoms with van der Waals surface area (Å²) in [6.45, 7) is 1.18. The zero-order valence-corrected chi connectivity index (χ0v) is 12.1. The molecule has 1 N–H and O–H groups in total. The second-order valence-electron chi connectivity index (χ2n) is 4.91. The molecule has 4 nitrogen and oxygen atoms in total. The van der Waals surface area contributed by atoms with E-state index in [4.69, 9.17) is 9.47 Å². The largest absolute Gasteiger partial charge is 0.492 e. The molecule has 22 heavy (non-hydrogen) atoms. The van der Waals surface area contributed by atoms with Gasteiger partial charge in [0.05, 0.1) is 12.1 Å². The van der Waals surface area contributed by atoms with Crippen molar-refractivity contribution >= 4 is 12.0 Å². The van der Waals surface area contributed by atoms with Crippen LogP contribution < -0.4 is 14.8 Å². The number of rotatable bonds is 5. The molecule has 0 aromatic heterocycles. The van der Waals surface area contributed by atoms with Crippen molar-refractivity contribution in [3.05, 3.63) is 65.7 Å². The van der Waals surface area contributed by atoms with Crippen molar-refractivity contribution in [1.82, 2.24) is 5.32 Å². The maximum absolute atomic E-state index is 12.1. The number of amides is 1. The standard InChI is InChI=1S/C18H17NO3/c20-18(19-10-11-21-16-7-2-1-3-8-16)15-12-14-6-4-5-9-17(14)22-13-15/h1-9,12H,10-11,13H2,(H,19,20). The molecule has 1 aliphatic rings. The van der Waals surface area contributed by atoms with Crippen molar-refractivity contribution in [2.75, 3.05) is 19.8 Å². The van der Waals surface area contributed by atoms with E-state index in [9.17, 15) is 4.79 Å². The molecule has 2 aromatic carbocycles. The predicted octanol–water partition coefficient (Wildman–Crippen LogP) is 2.66. The number of para-hydroxylation sites is 2. The summed E-state index contributed by atoms with van der Waals surface area (Å²) in [5, 5.41) is 2.84. The Morgan fingerprint density at radius 3 is 2.73 bits per heavy atom. The van der Waals surface area contributed by atoms with Crippen LogP contribution in [0.5, 0.6) is 11.5 Å². The fourth-order valence-corrected chi connectivity index (χ4v) is 2.21. The van der Waals surface area contributed by atoms with Crippen LogP contribution in [0.25, 0.3) is 6.08 Å². The number of hydrogen-bond acceptors (Lipinski definition) is 3. The van der Waals surface area contributed by atoms with E-state index in [0.717, 1.165) is 17.1 Å².